The molecule has 0 spiro atoms. The molecule has 0 saturated heterocycles. The van der Waals surface area contributed by atoms with Crippen LogP contribution in [-0.4, -0.2) is 35.5 Å². The molecular weight excluding hydrogens is 366 g/mol. The van der Waals surface area contributed by atoms with Crippen LogP contribution in [0.3, 0.4) is 0 Å². The highest BCUT2D eigenvalue weighted by atomic mass is 16.5. The number of nitrogens with one attached hydrogen (secondary N) is 1. The number of hydrogen-bond acceptors (Lipinski definition) is 4. The van der Waals surface area contributed by atoms with Gasteiger partial charge in [-0.25, -0.2) is 0 Å². The lowest BCUT2D eigenvalue weighted by atomic mass is 9.98. The second-order valence-electron chi connectivity index (χ2n) is 7.35. The van der Waals surface area contributed by atoms with E-state index in [1.807, 2.05) is 68.7 Å². The Morgan fingerprint density at radius 1 is 1.21 bits per heavy atom. The lowest BCUT2D eigenvalue weighted by Crippen LogP contribution is -2.35. The van der Waals surface area contributed by atoms with Gasteiger partial charge in [0.15, 0.2) is 11.7 Å². The molecule has 0 aliphatic carbocycles. The van der Waals surface area contributed by atoms with E-state index in [1.54, 1.807) is 6.07 Å². The van der Waals surface area contributed by atoms with E-state index in [-0.39, 0.29) is 6.10 Å². The molecule has 6 heteroatoms. The van der Waals surface area contributed by atoms with Crippen molar-refractivity contribution in [1.82, 2.24) is 9.88 Å². The van der Waals surface area contributed by atoms with Crippen molar-refractivity contribution in [2.75, 3.05) is 13.2 Å². The van der Waals surface area contributed by atoms with Crippen molar-refractivity contribution in [3.05, 3.63) is 58.9 Å². The Morgan fingerprint density at radius 2 is 1.90 bits per heavy atom. The van der Waals surface area contributed by atoms with Gasteiger partial charge in [0, 0.05) is 36.6 Å². The van der Waals surface area contributed by atoms with Crippen molar-refractivity contribution in [2.45, 2.75) is 46.8 Å². The summed E-state index contributed by atoms with van der Waals surface area (Å²) in [6.07, 6.45) is 0.757. The first-order chi connectivity index (χ1) is 13.8. The highest BCUT2D eigenvalue weighted by Crippen LogP contribution is 2.20. The minimum atomic E-state index is -1.35. The quantitative estimate of drug-likeness (QED) is 0.380. The van der Waals surface area contributed by atoms with Gasteiger partial charge in [0.25, 0.3) is 0 Å². The lowest BCUT2D eigenvalue weighted by Gasteiger charge is -2.12. The van der Waals surface area contributed by atoms with Crippen LogP contribution in [0.4, 0.5) is 0 Å². The van der Waals surface area contributed by atoms with Crippen LogP contribution in [0.25, 0.3) is 0 Å². The Balaban J connectivity index is 2.06. The number of aromatic nitrogens is 1. The third-order valence-electron chi connectivity index (χ3n) is 4.75. The van der Waals surface area contributed by atoms with Gasteiger partial charge in [-0.15, -0.1) is 0 Å². The van der Waals surface area contributed by atoms with Gasteiger partial charge in [-0.1, -0.05) is 30.3 Å². The maximum absolute atomic E-state index is 12.9. The zero-order chi connectivity index (χ0) is 21.4. The summed E-state index contributed by atoms with van der Waals surface area (Å²) < 4.78 is 7.45. The molecule has 1 aromatic heterocycles. The van der Waals surface area contributed by atoms with E-state index in [2.05, 4.69) is 5.32 Å². The number of ether oxygens (including phenoxy) is 1. The summed E-state index contributed by atoms with van der Waals surface area (Å²) in [4.78, 5) is 25.3. The molecule has 0 radical (unpaired) electrons. The summed E-state index contributed by atoms with van der Waals surface area (Å²) in [6.45, 7) is 9.16. The van der Waals surface area contributed by atoms with E-state index in [0.29, 0.717) is 31.7 Å². The Hall–Kier alpha value is -2.91. The molecule has 2 rings (SSSR count). The molecule has 0 bridgehead atoms. The number of rotatable bonds is 10. The predicted molar refractivity (Wildman–Crippen MR) is 112 cm³/mol. The Kier molecular flexibility index (Phi) is 8.17. The minimum absolute atomic E-state index is 0.130. The highest BCUT2D eigenvalue weighted by Gasteiger charge is 2.30. The van der Waals surface area contributed by atoms with E-state index in [9.17, 15) is 14.9 Å². The normalized spacial score (nSPS) is 11.9. The maximum atomic E-state index is 12.9. The molecule has 29 heavy (non-hydrogen) atoms. The van der Waals surface area contributed by atoms with E-state index in [0.717, 1.165) is 17.0 Å². The highest BCUT2D eigenvalue weighted by molar-refractivity contribution is 6.12. The third kappa shape index (κ3) is 6.03. The first-order valence-electron chi connectivity index (χ1n) is 9.89. The van der Waals surface area contributed by atoms with Crippen LogP contribution < -0.4 is 5.32 Å². The molecule has 6 nitrogen and oxygen atoms in total. The summed E-state index contributed by atoms with van der Waals surface area (Å²) in [6, 6.07) is 13.6. The average molecular weight is 396 g/mol. The van der Waals surface area contributed by atoms with E-state index >= 15 is 0 Å². The molecule has 1 aromatic carbocycles. The number of aryl methyl sites for hydroxylation is 1. The fraction of sp³-hybridized carbons (Fsp3) is 0.435. The van der Waals surface area contributed by atoms with Gasteiger partial charge in [-0.05, 0) is 45.7 Å². The number of carbonyl (C=O) groups is 2. The number of nitriles is 1. The summed E-state index contributed by atoms with van der Waals surface area (Å²) in [7, 11) is 0. The molecule has 0 aliphatic rings. The molecule has 1 amide bonds. The van der Waals surface area contributed by atoms with Crippen molar-refractivity contribution in [3.8, 4) is 6.07 Å². The molecule has 2 aromatic rings. The zero-order valence-corrected chi connectivity index (χ0v) is 17.6. The SMILES string of the molecule is Cc1cc(C(=O)C(C#N)C(=O)NCCCOC(C)C)c(C)n1Cc1ccccc1. The van der Waals surface area contributed by atoms with Crippen molar-refractivity contribution in [2.24, 2.45) is 5.92 Å². The molecule has 0 fully saturated rings. The molecule has 1 unspecified atom stereocenters. The monoisotopic (exact) mass is 395 g/mol. The second-order valence-corrected chi connectivity index (χ2v) is 7.35. The largest absolute Gasteiger partial charge is 0.379 e. The number of carbonyl (C=O) groups excluding carboxylic acids is 2. The molecule has 1 N–H and O–H groups in total. The van der Waals surface area contributed by atoms with E-state index in [1.165, 1.54) is 0 Å². The summed E-state index contributed by atoms with van der Waals surface area (Å²) in [5.41, 5.74) is 3.21. The van der Waals surface area contributed by atoms with Gasteiger partial charge < -0.3 is 14.6 Å². The molecular formula is C23H29N3O3. The smallest absolute Gasteiger partial charge is 0.245 e. The van der Waals surface area contributed by atoms with Crippen LogP contribution >= 0.6 is 0 Å². The van der Waals surface area contributed by atoms with Crippen molar-refractivity contribution in [3.63, 3.8) is 0 Å². The van der Waals surface area contributed by atoms with E-state index in [4.69, 9.17) is 4.74 Å². The van der Waals surface area contributed by atoms with Gasteiger partial charge in [0.1, 0.15) is 0 Å². The topological polar surface area (TPSA) is 84.1 Å². The van der Waals surface area contributed by atoms with Gasteiger partial charge in [0.05, 0.1) is 12.2 Å². The summed E-state index contributed by atoms with van der Waals surface area (Å²) in [5, 5.41) is 12.1. The average Bonchev–Trinajstić information content (AvgIpc) is 2.97. The third-order valence-corrected chi connectivity index (χ3v) is 4.75. The fourth-order valence-corrected chi connectivity index (χ4v) is 3.16. The number of amides is 1. The molecule has 1 atom stereocenters. The number of hydrogen-bond donors (Lipinski definition) is 1. The first-order valence-corrected chi connectivity index (χ1v) is 9.89. The lowest BCUT2D eigenvalue weighted by molar-refractivity contribution is -0.122. The Morgan fingerprint density at radius 3 is 2.52 bits per heavy atom. The summed E-state index contributed by atoms with van der Waals surface area (Å²) >= 11 is 0. The van der Waals surface area contributed by atoms with Gasteiger partial charge in [-0.3, -0.25) is 9.59 Å². The Bertz CT molecular complexity index is 879. The zero-order valence-electron chi connectivity index (χ0n) is 17.6. The van der Waals surface area contributed by atoms with Crippen LogP contribution in [0, 0.1) is 31.1 Å². The van der Waals surface area contributed by atoms with Gasteiger partial charge in [0.2, 0.25) is 5.91 Å². The van der Waals surface area contributed by atoms with Crippen molar-refractivity contribution in [1.29, 1.82) is 5.26 Å². The maximum Gasteiger partial charge on any atom is 0.245 e. The first kappa shape index (κ1) is 22.4. The molecule has 154 valence electrons. The van der Waals surface area contributed by atoms with Gasteiger partial charge >= 0.3 is 0 Å². The number of nitrogens with zero attached hydrogens (tertiary/aromatic N) is 2. The van der Waals surface area contributed by atoms with Crippen molar-refractivity contribution >= 4 is 11.7 Å². The summed E-state index contributed by atoms with van der Waals surface area (Å²) in [5.74, 6) is -2.38. The van der Waals surface area contributed by atoms with Crippen LogP contribution in [0.1, 0.15) is 47.6 Å². The fourth-order valence-electron chi connectivity index (χ4n) is 3.16. The minimum Gasteiger partial charge on any atom is -0.379 e. The van der Waals surface area contributed by atoms with Gasteiger partial charge in [-0.2, -0.15) is 5.26 Å². The van der Waals surface area contributed by atoms with Crippen LogP contribution in [0.15, 0.2) is 36.4 Å². The molecule has 0 saturated carbocycles. The van der Waals surface area contributed by atoms with E-state index < -0.39 is 17.6 Å². The standard InChI is InChI=1S/C23H29N3O3/c1-16(2)29-12-8-11-25-23(28)21(14-24)22(27)20-13-17(3)26(18(20)4)15-19-9-6-5-7-10-19/h5-7,9-10,13,16,21H,8,11-12,15H2,1-4H3,(H,25,28). The van der Waals surface area contributed by atoms with Crippen molar-refractivity contribution < 1.29 is 14.3 Å². The van der Waals surface area contributed by atoms with Crippen LogP contribution in [0.2, 0.25) is 0 Å². The number of Topliss-reactive ketones (excluding diaryl/α,β-unsaturated/α-hetero) is 1. The second kappa shape index (κ2) is 10.6. The predicted octanol–water partition coefficient (Wildman–Crippen LogP) is 3.41. The Labute approximate surface area is 172 Å². The molecule has 0 aliphatic heterocycles. The number of benzene rings is 1. The molecule has 1 heterocycles. The van der Waals surface area contributed by atoms with Crippen LogP contribution in [-0.2, 0) is 16.1 Å². The number of ketones is 1. The van der Waals surface area contributed by atoms with Crippen LogP contribution in [0.5, 0.6) is 0 Å².